The third kappa shape index (κ3) is 4.69. The van der Waals surface area contributed by atoms with Crippen molar-refractivity contribution < 1.29 is 27.5 Å². The van der Waals surface area contributed by atoms with Crippen LogP contribution in [0.4, 0.5) is 24.5 Å². The van der Waals surface area contributed by atoms with Crippen LogP contribution in [-0.4, -0.2) is 24.7 Å². The molecule has 2 amide bonds. The Hall–Kier alpha value is -3.81. The smallest absolute Gasteiger partial charge is 0.406 e. The summed E-state index contributed by atoms with van der Waals surface area (Å²) in [6.07, 6.45) is -3.98. The number of benzene rings is 3. The van der Waals surface area contributed by atoms with Crippen LogP contribution in [0.3, 0.4) is 0 Å². The average molecular weight is 426 g/mol. The number of carbonyl (C=O) groups excluding carboxylic acids is 2. The normalized spacial score (nSPS) is 12.9. The van der Waals surface area contributed by atoms with Crippen LogP contribution in [0.25, 0.3) is 0 Å². The van der Waals surface area contributed by atoms with E-state index in [9.17, 15) is 22.8 Å². The fraction of sp³-hybridized carbons (Fsp3) is 0.130. The lowest BCUT2D eigenvalue weighted by molar-refractivity contribution is -0.274. The molecule has 0 saturated carbocycles. The van der Waals surface area contributed by atoms with E-state index in [2.05, 4.69) is 10.1 Å². The maximum Gasteiger partial charge on any atom is 0.573 e. The number of nitrogens with one attached hydrogen (secondary N) is 1. The van der Waals surface area contributed by atoms with Gasteiger partial charge in [0, 0.05) is 29.0 Å². The molecule has 4 rings (SSSR count). The molecule has 31 heavy (non-hydrogen) atoms. The first-order valence-electron chi connectivity index (χ1n) is 9.47. The fourth-order valence-electron chi connectivity index (χ4n) is 3.41. The topological polar surface area (TPSA) is 58.6 Å². The Morgan fingerprint density at radius 1 is 0.871 bits per heavy atom. The van der Waals surface area contributed by atoms with Gasteiger partial charge in [-0.3, -0.25) is 9.59 Å². The molecule has 0 aliphatic carbocycles. The molecule has 0 bridgehead atoms. The van der Waals surface area contributed by atoms with Crippen LogP contribution >= 0.6 is 0 Å². The average Bonchev–Trinajstić information content (AvgIpc) is 3.17. The van der Waals surface area contributed by atoms with Crippen molar-refractivity contribution in [3.8, 4) is 5.75 Å². The number of ether oxygens (including phenoxy) is 1. The fourth-order valence-corrected chi connectivity index (χ4v) is 3.41. The molecule has 1 heterocycles. The predicted molar refractivity (Wildman–Crippen MR) is 109 cm³/mol. The van der Waals surface area contributed by atoms with Gasteiger partial charge in [-0.2, -0.15) is 0 Å². The molecule has 0 radical (unpaired) electrons. The molecule has 8 heteroatoms. The van der Waals surface area contributed by atoms with Gasteiger partial charge in [0.05, 0.1) is 0 Å². The number of alkyl halides is 3. The number of carbonyl (C=O) groups is 2. The van der Waals surface area contributed by atoms with Crippen molar-refractivity contribution in [3.63, 3.8) is 0 Å². The number of fused-ring (bicyclic) bond motifs is 1. The van der Waals surface area contributed by atoms with Crippen molar-refractivity contribution in [1.29, 1.82) is 0 Å². The van der Waals surface area contributed by atoms with Crippen molar-refractivity contribution in [2.45, 2.75) is 12.8 Å². The third-order valence-corrected chi connectivity index (χ3v) is 4.87. The molecule has 0 atom stereocenters. The maximum absolute atomic E-state index is 12.8. The zero-order chi connectivity index (χ0) is 22.0. The molecule has 0 fully saturated rings. The van der Waals surface area contributed by atoms with E-state index in [0.29, 0.717) is 17.8 Å². The van der Waals surface area contributed by atoms with E-state index < -0.39 is 18.0 Å². The lowest BCUT2D eigenvalue weighted by Crippen LogP contribution is -2.28. The van der Waals surface area contributed by atoms with Crippen LogP contribution in [0.5, 0.6) is 5.75 Å². The minimum Gasteiger partial charge on any atom is -0.406 e. The van der Waals surface area contributed by atoms with Gasteiger partial charge in [-0.1, -0.05) is 18.2 Å². The van der Waals surface area contributed by atoms with E-state index in [1.807, 2.05) is 24.3 Å². The Balaban J connectivity index is 1.41. The highest BCUT2D eigenvalue weighted by molar-refractivity contribution is 6.08. The van der Waals surface area contributed by atoms with Crippen LogP contribution in [0, 0.1) is 0 Å². The summed E-state index contributed by atoms with van der Waals surface area (Å²) in [6.45, 7) is 0.616. The first kappa shape index (κ1) is 20.5. The van der Waals surface area contributed by atoms with Gasteiger partial charge < -0.3 is 15.0 Å². The summed E-state index contributed by atoms with van der Waals surface area (Å²) in [7, 11) is 0. The summed E-state index contributed by atoms with van der Waals surface area (Å²) in [5, 5.41) is 2.65. The number of hydrogen-bond donors (Lipinski definition) is 1. The summed E-state index contributed by atoms with van der Waals surface area (Å²) < 4.78 is 40.4. The Morgan fingerprint density at radius 2 is 1.52 bits per heavy atom. The minimum absolute atomic E-state index is 0.122. The van der Waals surface area contributed by atoms with Gasteiger partial charge in [-0.15, -0.1) is 13.2 Å². The number of amides is 2. The highest BCUT2D eigenvalue weighted by atomic mass is 19.4. The zero-order valence-electron chi connectivity index (χ0n) is 16.1. The number of para-hydroxylation sites is 1. The van der Waals surface area contributed by atoms with Crippen molar-refractivity contribution in [2.24, 2.45) is 0 Å². The SMILES string of the molecule is O=C(Nc1ccc(C(=O)N2CCc3ccccc32)cc1)c1ccc(OC(F)(F)F)cc1. The van der Waals surface area contributed by atoms with E-state index in [1.165, 1.54) is 12.1 Å². The van der Waals surface area contributed by atoms with Crippen molar-refractivity contribution in [1.82, 2.24) is 0 Å². The largest absolute Gasteiger partial charge is 0.573 e. The quantitative estimate of drug-likeness (QED) is 0.636. The Kier molecular flexibility index (Phi) is 5.37. The molecule has 0 aromatic heterocycles. The summed E-state index contributed by atoms with van der Waals surface area (Å²) in [5.74, 6) is -1.02. The van der Waals surface area contributed by atoms with Crippen LogP contribution in [0.1, 0.15) is 26.3 Å². The standard InChI is InChI=1S/C23H17F3N2O3/c24-23(25,26)31-19-11-7-16(8-12-19)21(29)27-18-9-5-17(6-10-18)22(30)28-14-13-15-3-1-2-4-20(15)28/h1-12H,13-14H2,(H,27,29). The van der Waals surface area contributed by atoms with Gasteiger partial charge in [-0.25, -0.2) is 0 Å². The van der Waals surface area contributed by atoms with Gasteiger partial charge in [0.1, 0.15) is 5.75 Å². The van der Waals surface area contributed by atoms with Gasteiger partial charge in [0.25, 0.3) is 11.8 Å². The molecule has 0 spiro atoms. The predicted octanol–water partition coefficient (Wildman–Crippen LogP) is 5.04. The number of hydrogen-bond acceptors (Lipinski definition) is 3. The summed E-state index contributed by atoms with van der Waals surface area (Å²) in [4.78, 5) is 26.9. The molecular formula is C23H17F3N2O3. The van der Waals surface area contributed by atoms with Crippen LogP contribution < -0.4 is 15.0 Å². The van der Waals surface area contributed by atoms with E-state index in [4.69, 9.17) is 0 Å². The Bertz CT molecular complexity index is 1110. The molecule has 1 aliphatic rings. The van der Waals surface area contributed by atoms with Crippen molar-refractivity contribution >= 4 is 23.2 Å². The second-order valence-corrected chi connectivity index (χ2v) is 6.94. The van der Waals surface area contributed by atoms with Crippen LogP contribution in [-0.2, 0) is 6.42 Å². The van der Waals surface area contributed by atoms with Gasteiger partial charge in [0.2, 0.25) is 0 Å². The lowest BCUT2D eigenvalue weighted by atomic mass is 10.1. The van der Waals surface area contributed by atoms with Gasteiger partial charge in [0.15, 0.2) is 0 Å². The molecule has 3 aromatic carbocycles. The zero-order valence-corrected chi connectivity index (χ0v) is 16.1. The van der Waals surface area contributed by atoms with Crippen molar-refractivity contribution in [3.05, 3.63) is 89.5 Å². The highest BCUT2D eigenvalue weighted by Gasteiger charge is 2.31. The minimum atomic E-state index is -4.79. The van der Waals surface area contributed by atoms with Crippen molar-refractivity contribution in [2.75, 3.05) is 16.8 Å². The van der Waals surface area contributed by atoms with E-state index in [-0.39, 0.29) is 11.5 Å². The number of anilines is 2. The molecule has 3 aromatic rings. The van der Waals surface area contributed by atoms with Gasteiger partial charge in [-0.05, 0) is 66.6 Å². The summed E-state index contributed by atoms with van der Waals surface area (Å²) in [5.41, 5.74) is 3.15. The second-order valence-electron chi connectivity index (χ2n) is 6.94. The number of halogens is 3. The lowest BCUT2D eigenvalue weighted by Gasteiger charge is -2.17. The van der Waals surface area contributed by atoms with E-state index >= 15 is 0 Å². The molecular weight excluding hydrogens is 409 g/mol. The Morgan fingerprint density at radius 3 is 2.19 bits per heavy atom. The first-order valence-corrected chi connectivity index (χ1v) is 9.47. The molecule has 1 aliphatic heterocycles. The summed E-state index contributed by atoms with van der Waals surface area (Å²) in [6, 6.07) is 18.8. The number of rotatable bonds is 4. The summed E-state index contributed by atoms with van der Waals surface area (Å²) >= 11 is 0. The molecule has 0 unspecified atom stereocenters. The van der Waals surface area contributed by atoms with Crippen LogP contribution in [0.15, 0.2) is 72.8 Å². The monoisotopic (exact) mass is 426 g/mol. The molecule has 158 valence electrons. The van der Waals surface area contributed by atoms with E-state index in [1.54, 1.807) is 29.2 Å². The third-order valence-electron chi connectivity index (χ3n) is 4.87. The van der Waals surface area contributed by atoms with Crippen LogP contribution in [0.2, 0.25) is 0 Å². The maximum atomic E-state index is 12.8. The second kappa shape index (κ2) is 8.14. The molecule has 5 nitrogen and oxygen atoms in total. The van der Waals surface area contributed by atoms with E-state index in [0.717, 1.165) is 29.8 Å². The molecule has 0 saturated heterocycles. The molecule has 1 N–H and O–H groups in total. The Labute approximate surface area is 176 Å². The number of nitrogens with zero attached hydrogens (tertiary/aromatic N) is 1. The first-order chi connectivity index (χ1) is 14.8. The highest BCUT2D eigenvalue weighted by Crippen LogP contribution is 2.29. The van der Waals surface area contributed by atoms with Gasteiger partial charge >= 0.3 is 6.36 Å².